The van der Waals surface area contributed by atoms with Crippen LogP contribution in [-0.2, 0) is 15.5 Å². The van der Waals surface area contributed by atoms with Gasteiger partial charge in [-0.3, -0.25) is 4.21 Å². The minimum absolute atomic E-state index is 0.222. The first-order chi connectivity index (χ1) is 11.1. The molecule has 2 atom stereocenters. The van der Waals surface area contributed by atoms with Gasteiger partial charge in [-0.2, -0.15) is 0 Å². The molecule has 23 heavy (non-hydrogen) atoms. The fourth-order valence-electron chi connectivity index (χ4n) is 3.27. The Hall–Kier alpha value is -1.21. The van der Waals surface area contributed by atoms with E-state index >= 15 is 0 Å². The van der Waals surface area contributed by atoms with E-state index in [2.05, 4.69) is 34.0 Å². The fraction of sp³-hybridized carbons (Fsp3) is 0.750. The number of anilines is 2. The third-order valence-corrected chi connectivity index (χ3v) is 5.79. The highest BCUT2D eigenvalue weighted by Crippen LogP contribution is 2.24. The van der Waals surface area contributed by atoms with Crippen LogP contribution in [-0.4, -0.2) is 57.5 Å². The summed E-state index contributed by atoms with van der Waals surface area (Å²) in [6, 6.07) is 2.29. The normalized spacial score (nSPS) is 26.5. The number of hydrogen-bond acceptors (Lipinski definition) is 6. The second-order valence-electron chi connectivity index (χ2n) is 6.57. The fourth-order valence-corrected chi connectivity index (χ4v) is 4.32. The van der Waals surface area contributed by atoms with E-state index in [1.165, 1.54) is 0 Å². The van der Waals surface area contributed by atoms with Crippen LogP contribution in [0.15, 0.2) is 12.4 Å². The van der Waals surface area contributed by atoms with Crippen molar-refractivity contribution in [3.8, 4) is 0 Å². The summed E-state index contributed by atoms with van der Waals surface area (Å²) in [5.74, 6) is 3.68. The maximum Gasteiger partial charge on any atom is 0.134 e. The summed E-state index contributed by atoms with van der Waals surface area (Å²) >= 11 is 0. The van der Waals surface area contributed by atoms with Gasteiger partial charge in [0.1, 0.15) is 18.0 Å². The van der Waals surface area contributed by atoms with Crippen molar-refractivity contribution < 1.29 is 8.95 Å². The summed E-state index contributed by atoms with van der Waals surface area (Å²) in [5, 5.41) is 3.54. The van der Waals surface area contributed by atoms with E-state index in [9.17, 15) is 4.21 Å². The van der Waals surface area contributed by atoms with E-state index < -0.39 is 10.8 Å². The highest BCUT2D eigenvalue weighted by atomic mass is 32.2. The lowest BCUT2D eigenvalue weighted by Crippen LogP contribution is -2.43. The molecule has 2 aliphatic rings. The molecule has 0 radical (unpaired) electrons. The summed E-state index contributed by atoms with van der Waals surface area (Å²) in [6.07, 6.45) is 4.01. The van der Waals surface area contributed by atoms with Crippen LogP contribution in [0, 0.1) is 5.92 Å². The molecule has 3 heterocycles. The highest BCUT2D eigenvalue weighted by molar-refractivity contribution is 7.85. The first kappa shape index (κ1) is 16.6. The number of aromatic nitrogens is 2. The number of nitrogens with zero attached hydrogens (tertiary/aromatic N) is 3. The van der Waals surface area contributed by atoms with Crippen LogP contribution in [0.25, 0.3) is 0 Å². The Morgan fingerprint density at radius 1 is 1.35 bits per heavy atom. The average Bonchev–Trinajstić information content (AvgIpc) is 2.56. The first-order valence-corrected chi connectivity index (χ1v) is 9.92. The molecule has 2 fully saturated rings. The van der Waals surface area contributed by atoms with Gasteiger partial charge in [-0.1, -0.05) is 13.8 Å². The van der Waals surface area contributed by atoms with Gasteiger partial charge in [0.25, 0.3) is 0 Å². The zero-order valence-electron chi connectivity index (χ0n) is 13.9. The monoisotopic (exact) mass is 338 g/mol. The second kappa shape index (κ2) is 7.57. The highest BCUT2D eigenvalue weighted by Gasteiger charge is 2.29. The Labute approximate surface area is 140 Å². The van der Waals surface area contributed by atoms with E-state index in [0.29, 0.717) is 12.0 Å². The van der Waals surface area contributed by atoms with E-state index in [1.54, 1.807) is 6.33 Å². The minimum Gasteiger partial charge on any atom is -0.376 e. The molecule has 1 aromatic heterocycles. The van der Waals surface area contributed by atoms with Gasteiger partial charge < -0.3 is 15.0 Å². The van der Waals surface area contributed by atoms with Crippen molar-refractivity contribution in [2.24, 2.45) is 5.92 Å². The third-order valence-electron chi connectivity index (χ3n) is 4.51. The maximum atomic E-state index is 11.5. The molecule has 0 unspecified atom stereocenters. The van der Waals surface area contributed by atoms with Crippen molar-refractivity contribution in [3.63, 3.8) is 0 Å². The molecule has 0 aliphatic carbocycles. The van der Waals surface area contributed by atoms with Crippen molar-refractivity contribution in [2.75, 3.05) is 41.4 Å². The Morgan fingerprint density at radius 2 is 2.13 bits per heavy atom. The van der Waals surface area contributed by atoms with Crippen LogP contribution in [0.3, 0.4) is 0 Å². The van der Waals surface area contributed by atoms with Crippen LogP contribution < -0.4 is 10.2 Å². The summed E-state index contributed by atoms with van der Waals surface area (Å²) in [5.41, 5.74) is 0. The summed E-state index contributed by atoms with van der Waals surface area (Å²) in [4.78, 5) is 10.9. The van der Waals surface area contributed by atoms with Gasteiger partial charge in [-0.15, -0.1) is 0 Å². The quantitative estimate of drug-likeness (QED) is 0.901. The van der Waals surface area contributed by atoms with Crippen LogP contribution >= 0.6 is 0 Å². The summed E-state index contributed by atoms with van der Waals surface area (Å²) in [7, 11) is -0.673. The molecule has 0 aromatic carbocycles. The molecule has 0 amide bonds. The Morgan fingerprint density at radius 3 is 2.87 bits per heavy atom. The van der Waals surface area contributed by atoms with Gasteiger partial charge in [0, 0.05) is 48.1 Å². The molecule has 2 aliphatic heterocycles. The predicted molar refractivity (Wildman–Crippen MR) is 93.3 cm³/mol. The summed E-state index contributed by atoms with van der Waals surface area (Å²) < 4.78 is 17.4. The van der Waals surface area contributed by atoms with E-state index in [-0.39, 0.29) is 6.10 Å². The molecule has 0 spiro atoms. The van der Waals surface area contributed by atoms with Crippen molar-refractivity contribution >= 4 is 22.4 Å². The van der Waals surface area contributed by atoms with Crippen molar-refractivity contribution in [1.82, 2.24) is 9.97 Å². The Balaban J connectivity index is 1.68. The van der Waals surface area contributed by atoms with Gasteiger partial charge in [0.05, 0.1) is 12.1 Å². The molecule has 7 heteroatoms. The molecule has 2 saturated heterocycles. The van der Waals surface area contributed by atoms with Crippen molar-refractivity contribution in [2.45, 2.75) is 38.8 Å². The Kier molecular flexibility index (Phi) is 5.48. The lowest BCUT2D eigenvalue weighted by molar-refractivity contribution is -0.0203. The standard InChI is InChI=1S/C16H26N4O2S/c1-12(2)16-13(4-3-7-22-16)19-14-10-15(18-11-17-14)20-5-8-23(21)9-6-20/h10-13,16H,3-9H2,1-2H3,(H,17,18,19)/t13-,16-/m1/s1. The lowest BCUT2D eigenvalue weighted by atomic mass is 9.94. The molecule has 1 aromatic rings. The number of nitrogens with one attached hydrogen (secondary N) is 1. The molecule has 6 nitrogen and oxygen atoms in total. The number of hydrogen-bond donors (Lipinski definition) is 1. The topological polar surface area (TPSA) is 67.3 Å². The van der Waals surface area contributed by atoms with Gasteiger partial charge in [-0.25, -0.2) is 9.97 Å². The van der Waals surface area contributed by atoms with Gasteiger partial charge in [0.2, 0.25) is 0 Å². The lowest BCUT2D eigenvalue weighted by Gasteiger charge is -2.35. The predicted octanol–water partition coefficient (Wildman–Crippen LogP) is 1.66. The molecule has 3 rings (SSSR count). The molecule has 1 N–H and O–H groups in total. The van der Waals surface area contributed by atoms with E-state index in [1.807, 2.05) is 6.07 Å². The van der Waals surface area contributed by atoms with Gasteiger partial charge in [-0.05, 0) is 18.8 Å². The van der Waals surface area contributed by atoms with E-state index in [0.717, 1.165) is 55.7 Å². The number of rotatable bonds is 4. The first-order valence-electron chi connectivity index (χ1n) is 8.43. The Bertz CT molecular complexity index is 545. The van der Waals surface area contributed by atoms with Crippen LogP contribution in [0.5, 0.6) is 0 Å². The molecule has 0 bridgehead atoms. The molecular formula is C16H26N4O2S. The van der Waals surface area contributed by atoms with Gasteiger partial charge in [0.15, 0.2) is 0 Å². The smallest absolute Gasteiger partial charge is 0.134 e. The van der Waals surface area contributed by atoms with Crippen molar-refractivity contribution in [3.05, 3.63) is 12.4 Å². The van der Waals surface area contributed by atoms with Crippen molar-refractivity contribution in [1.29, 1.82) is 0 Å². The second-order valence-corrected chi connectivity index (χ2v) is 8.27. The zero-order chi connectivity index (χ0) is 16.2. The zero-order valence-corrected chi connectivity index (χ0v) is 14.7. The van der Waals surface area contributed by atoms with Gasteiger partial charge >= 0.3 is 0 Å². The van der Waals surface area contributed by atoms with E-state index in [4.69, 9.17) is 4.74 Å². The molecule has 0 saturated carbocycles. The largest absolute Gasteiger partial charge is 0.376 e. The SMILES string of the molecule is CC(C)[C@H]1OCCC[C@H]1Nc1cc(N2CCS(=O)CC2)ncn1. The molecule has 128 valence electrons. The maximum absolute atomic E-state index is 11.5. The molecular weight excluding hydrogens is 312 g/mol. The van der Waals surface area contributed by atoms with Crippen LogP contribution in [0.4, 0.5) is 11.6 Å². The summed E-state index contributed by atoms with van der Waals surface area (Å²) in [6.45, 7) is 6.84. The minimum atomic E-state index is -0.673. The van der Waals surface area contributed by atoms with Crippen LogP contribution in [0.2, 0.25) is 0 Å². The average molecular weight is 338 g/mol. The van der Waals surface area contributed by atoms with Crippen LogP contribution in [0.1, 0.15) is 26.7 Å². The number of ether oxygens (including phenoxy) is 1. The third kappa shape index (κ3) is 4.20.